The average molecular weight is 305 g/mol. The first kappa shape index (κ1) is 14.6. The number of carbonyl (C=O) groups is 1. The van der Waals surface area contributed by atoms with Crippen LogP contribution in [0.15, 0.2) is 12.1 Å². The Labute approximate surface area is 127 Å². The summed E-state index contributed by atoms with van der Waals surface area (Å²) >= 11 is 0. The van der Waals surface area contributed by atoms with E-state index in [0.717, 1.165) is 25.2 Å². The second-order valence-corrected chi connectivity index (χ2v) is 5.29. The van der Waals surface area contributed by atoms with Crippen LogP contribution in [0.3, 0.4) is 0 Å². The molecule has 1 fully saturated rings. The summed E-state index contributed by atoms with van der Waals surface area (Å²) in [6.07, 6.45) is 1.85. The number of fused-ring (bicyclic) bond motifs is 1. The zero-order valence-corrected chi connectivity index (χ0v) is 12.5. The molecule has 1 aliphatic heterocycles. The van der Waals surface area contributed by atoms with Gasteiger partial charge in [0.1, 0.15) is 0 Å². The molecule has 2 aromatic rings. The van der Waals surface area contributed by atoms with Gasteiger partial charge in [-0.15, -0.1) is 14.8 Å². The van der Waals surface area contributed by atoms with Gasteiger partial charge in [0.15, 0.2) is 11.5 Å². The maximum atomic E-state index is 12.2. The molecule has 9 nitrogen and oxygen atoms in total. The Hall–Kier alpha value is -2.29. The van der Waals surface area contributed by atoms with E-state index in [-0.39, 0.29) is 11.8 Å². The van der Waals surface area contributed by atoms with Crippen molar-refractivity contribution in [2.75, 3.05) is 38.3 Å². The lowest BCUT2D eigenvalue weighted by Crippen LogP contribution is -2.44. The van der Waals surface area contributed by atoms with E-state index in [1.807, 2.05) is 12.1 Å². The van der Waals surface area contributed by atoms with Crippen molar-refractivity contribution in [3.63, 3.8) is 0 Å². The maximum Gasteiger partial charge on any atom is 0.224 e. The molecule has 22 heavy (non-hydrogen) atoms. The van der Waals surface area contributed by atoms with Crippen molar-refractivity contribution < 1.29 is 9.53 Å². The molecule has 0 radical (unpaired) electrons. The van der Waals surface area contributed by atoms with Gasteiger partial charge >= 0.3 is 0 Å². The average Bonchev–Trinajstić information content (AvgIpc) is 3.02. The molecule has 118 valence electrons. The number of nitrogens with one attached hydrogen (secondary N) is 1. The van der Waals surface area contributed by atoms with E-state index in [0.29, 0.717) is 25.3 Å². The summed E-state index contributed by atoms with van der Waals surface area (Å²) in [5, 5.41) is 18.5. The van der Waals surface area contributed by atoms with E-state index >= 15 is 0 Å². The Balaban J connectivity index is 1.65. The predicted molar refractivity (Wildman–Crippen MR) is 78.4 cm³/mol. The molecule has 1 N–H and O–H groups in total. The van der Waals surface area contributed by atoms with E-state index in [2.05, 4.69) is 30.8 Å². The molecule has 1 saturated heterocycles. The van der Waals surface area contributed by atoms with Crippen LogP contribution >= 0.6 is 0 Å². The third-order valence-corrected chi connectivity index (χ3v) is 3.78. The molecule has 0 saturated carbocycles. The van der Waals surface area contributed by atoms with Crippen LogP contribution in [0.1, 0.15) is 12.8 Å². The lowest BCUT2D eigenvalue weighted by molar-refractivity contribution is -0.125. The van der Waals surface area contributed by atoms with Crippen molar-refractivity contribution >= 4 is 17.4 Å². The van der Waals surface area contributed by atoms with E-state index in [1.165, 1.54) is 4.63 Å². The van der Waals surface area contributed by atoms with Gasteiger partial charge < -0.3 is 15.0 Å². The Morgan fingerprint density at radius 3 is 3.27 bits per heavy atom. The first-order valence-corrected chi connectivity index (χ1v) is 7.35. The second kappa shape index (κ2) is 6.65. The summed E-state index contributed by atoms with van der Waals surface area (Å²) in [5.41, 5.74) is 0.606. The molecule has 1 amide bonds. The Bertz CT molecular complexity index is 644. The number of carbonyl (C=O) groups excluding carboxylic acids is 1. The van der Waals surface area contributed by atoms with E-state index in [4.69, 9.17) is 4.74 Å². The van der Waals surface area contributed by atoms with Gasteiger partial charge in [-0.25, -0.2) is 0 Å². The highest BCUT2D eigenvalue weighted by Gasteiger charge is 2.26. The number of rotatable bonds is 5. The topological polar surface area (TPSA) is 97.5 Å². The number of nitrogens with zero attached hydrogens (tertiary/aromatic N) is 6. The maximum absolute atomic E-state index is 12.2. The smallest absolute Gasteiger partial charge is 0.224 e. The lowest BCUT2D eigenvalue weighted by Gasteiger charge is -2.32. The fraction of sp³-hybridized carbons (Fsp3) is 0.615. The van der Waals surface area contributed by atoms with Crippen molar-refractivity contribution in [3.05, 3.63) is 12.1 Å². The fourth-order valence-corrected chi connectivity index (χ4v) is 2.63. The molecule has 1 aliphatic rings. The number of hydrogen-bond acceptors (Lipinski definition) is 7. The Morgan fingerprint density at radius 2 is 2.41 bits per heavy atom. The summed E-state index contributed by atoms with van der Waals surface area (Å²) < 4.78 is 6.35. The molecule has 0 aliphatic carbocycles. The summed E-state index contributed by atoms with van der Waals surface area (Å²) in [7, 11) is 1.62. The molecular formula is C13H19N7O2. The van der Waals surface area contributed by atoms with E-state index < -0.39 is 0 Å². The van der Waals surface area contributed by atoms with E-state index in [9.17, 15) is 4.79 Å². The zero-order chi connectivity index (χ0) is 15.4. The third kappa shape index (κ3) is 3.14. The standard InChI is InChI=1S/C13H19N7O2/c1-22-8-6-14-13(21)10-3-2-7-19(9-10)12-5-4-11-15-17-18-20(11)16-12/h4-5,10H,2-3,6-9H2,1H3,(H,14,21)/t10-/m1/s1. The van der Waals surface area contributed by atoms with Gasteiger partial charge in [-0.1, -0.05) is 0 Å². The highest BCUT2D eigenvalue weighted by molar-refractivity contribution is 5.79. The number of methoxy groups -OCH3 is 1. The van der Waals surface area contributed by atoms with Gasteiger partial charge in [0.2, 0.25) is 5.91 Å². The summed E-state index contributed by atoms with van der Waals surface area (Å²) in [4.78, 5) is 14.3. The summed E-state index contributed by atoms with van der Waals surface area (Å²) in [5.74, 6) is 0.830. The Morgan fingerprint density at radius 1 is 1.50 bits per heavy atom. The van der Waals surface area contributed by atoms with Crippen LogP contribution < -0.4 is 10.2 Å². The number of aromatic nitrogens is 5. The van der Waals surface area contributed by atoms with Gasteiger partial charge in [0, 0.05) is 26.7 Å². The number of amides is 1. The van der Waals surface area contributed by atoms with Crippen LogP contribution in [0.2, 0.25) is 0 Å². The number of ether oxygens (including phenoxy) is 1. The minimum absolute atomic E-state index is 0.0306. The van der Waals surface area contributed by atoms with Crippen LogP contribution in [0.25, 0.3) is 5.65 Å². The van der Waals surface area contributed by atoms with Gasteiger partial charge in [-0.05, 0) is 35.4 Å². The highest BCUT2D eigenvalue weighted by atomic mass is 16.5. The normalized spacial score (nSPS) is 18.6. The van der Waals surface area contributed by atoms with Gasteiger partial charge in [0.05, 0.1) is 12.5 Å². The minimum atomic E-state index is -0.0306. The van der Waals surface area contributed by atoms with Gasteiger partial charge in [-0.3, -0.25) is 4.79 Å². The van der Waals surface area contributed by atoms with Crippen LogP contribution in [0, 0.1) is 5.92 Å². The predicted octanol–water partition coefficient (Wildman–Crippen LogP) is -0.502. The lowest BCUT2D eigenvalue weighted by atomic mass is 9.97. The number of piperidine rings is 1. The van der Waals surface area contributed by atoms with Crippen LogP contribution in [-0.2, 0) is 9.53 Å². The van der Waals surface area contributed by atoms with Crippen LogP contribution in [-0.4, -0.2) is 64.5 Å². The highest BCUT2D eigenvalue weighted by Crippen LogP contribution is 2.21. The van der Waals surface area contributed by atoms with Crippen LogP contribution in [0.4, 0.5) is 5.82 Å². The first-order chi connectivity index (χ1) is 10.8. The minimum Gasteiger partial charge on any atom is -0.383 e. The summed E-state index contributed by atoms with van der Waals surface area (Å²) in [6.45, 7) is 2.60. The summed E-state index contributed by atoms with van der Waals surface area (Å²) in [6, 6.07) is 3.71. The monoisotopic (exact) mass is 305 g/mol. The molecule has 2 aromatic heterocycles. The zero-order valence-electron chi connectivity index (χ0n) is 12.5. The molecule has 3 rings (SSSR count). The molecule has 9 heteroatoms. The first-order valence-electron chi connectivity index (χ1n) is 7.35. The molecule has 0 bridgehead atoms. The molecule has 0 spiro atoms. The molecule has 0 unspecified atom stereocenters. The third-order valence-electron chi connectivity index (χ3n) is 3.78. The van der Waals surface area contributed by atoms with Crippen molar-refractivity contribution in [3.8, 4) is 0 Å². The van der Waals surface area contributed by atoms with Crippen molar-refractivity contribution in [1.29, 1.82) is 0 Å². The fourth-order valence-electron chi connectivity index (χ4n) is 2.63. The molecule has 3 heterocycles. The van der Waals surface area contributed by atoms with Crippen molar-refractivity contribution in [2.45, 2.75) is 12.8 Å². The Kier molecular flexibility index (Phi) is 4.42. The van der Waals surface area contributed by atoms with Crippen molar-refractivity contribution in [1.82, 2.24) is 30.6 Å². The van der Waals surface area contributed by atoms with Gasteiger partial charge in [0.25, 0.3) is 0 Å². The number of anilines is 1. The van der Waals surface area contributed by atoms with Crippen LogP contribution in [0.5, 0.6) is 0 Å². The SMILES string of the molecule is COCCNC(=O)[C@@H]1CCCN(c2ccc3nnnn3n2)C1. The molecular weight excluding hydrogens is 286 g/mol. The number of hydrogen-bond donors (Lipinski definition) is 1. The quantitative estimate of drug-likeness (QED) is 0.744. The molecule has 1 atom stereocenters. The number of tetrazole rings is 1. The van der Waals surface area contributed by atoms with Crippen molar-refractivity contribution in [2.24, 2.45) is 5.92 Å². The van der Waals surface area contributed by atoms with Gasteiger partial charge in [-0.2, -0.15) is 0 Å². The second-order valence-electron chi connectivity index (χ2n) is 5.29. The van der Waals surface area contributed by atoms with E-state index in [1.54, 1.807) is 7.11 Å². The molecule has 0 aromatic carbocycles. The largest absolute Gasteiger partial charge is 0.383 e.